The molecule has 0 radical (unpaired) electrons. The number of ether oxygens (including phenoxy) is 1. The van der Waals surface area contributed by atoms with Crippen LogP contribution in [0, 0.1) is 11.8 Å². The molecule has 0 aliphatic heterocycles. The smallest absolute Gasteiger partial charge is 0.0580 e. The fraction of sp³-hybridized carbons (Fsp3) is 1.00. The molecule has 0 aromatic heterocycles. The highest BCUT2D eigenvalue weighted by molar-refractivity contribution is 4.81. The number of hydrogen-bond acceptors (Lipinski definition) is 3. The third-order valence-electron chi connectivity index (χ3n) is 4.06. The van der Waals surface area contributed by atoms with Gasteiger partial charge in [0.2, 0.25) is 0 Å². The second kappa shape index (κ2) is 8.06. The lowest BCUT2D eigenvalue weighted by Gasteiger charge is -2.35. The summed E-state index contributed by atoms with van der Waals surface area (Å²) in [5.74, 6) is 1.30. The van der Waals surface area contributed by atoms with Gasteiger partial charge in [0, 0.05) is 26.8 Å². The molecule has 0 aromatic rings. The molecule has 1 fully saturated rings. The van der Waals surface area contributed by atoms with Crippen molar-refractivity contribution in [2.24, 2.45) is 11.8 Å². The Morgan fingerprint density at radius 3 is 2.76 bits per heavy atom. The van der Waals surface area contributed by atoms with Gasteiger partial charge in [-0.2, -0.15) is 0 Å². The Bertz CT molecular complexity index is 199. The average molecular weight is 243 g/mol. The first-order valence-corrected chi connectivity index (χ1v) is 7.02. The van der Waals surface area contributed by atoms with Gasteiger partial charge in [-0.1, -0.05) is 13.3 Å². The van der Waals surface area contributed by atoms with Crippen molar-refractivity contribution >= 4 is 0 Å². The molecule has 1 N–H and O–H groups in total. The van der Waals surface area contributed by atoms with E-state index in [1.807, 2.05) is 0 Å². The maximum Gasteiger partial charge on any atom is 0.0580 e. The molecule has 1 aliphatic carbocycles. The minimum Gasteiger partial charge on any atom is -0.393 e. The predicted molar refractivity (Wildman–Crippen MR) is 71.1 cm³/mol. The zero-order chi connectivity index (χ0) is 12.7. The lowest BCUT2D eigenvalue weighted by atomic mass is 9.78. The van der Waals surface area contributed by atoms with Gasteiger partial charge in [-0.25, -0.2) is 0 Å². The number of nitrogens with zero attached hydrogens (tertiary/aromatic N) is 1. The zero-order valence-corrected chi connectivity index (χ0v) is 11.7. The van der Waals surface area contributed by atoms with E-state index < -0.39 is 0 Å². The van der Waals surface area contributed by atoms with Gasteiger partial charge in [0.05, 0.1) is 6.10 Å². The molecule has 3 heteroatoms. The van der Waals surface area contributed by atoms with Crippen molar-refractivity contribution in [2.45, 2.75) is 45.1 Å². The van der Waals surface area contributed by atoms with Gasteiger partial charge in [0.1, 0.15) is 0 Å². The second-order valence-electron chi connectivity index (χ2n) is 5.52. The third-order valence-corrected chi connectivity index (χ3v) is 4.06. The standard InChI is InChI=1S/C14H29NO2/c1-4-12-6-7-14(16)13(10-12)11-15(2)8-5-9-17-3/h12-14,16H,4-11H2,1-3H3. The maximum atomic E-state index is 10.1. The molecule has 0 spiro atoms. The van der Waals surface area contributed by atoms with Crippen LogP contribution in [0.3, 0.4) is 0 Å². The van der Waals surface area contributed by atoms with Crippen LogP contribution >= 0.6 is 0 Å². The summed E-state index contributed by atoms with van der Waals surface area (Å²) in [4.78, 5) is 2.34. The molecular formula is C14H29NO2. The number of aliphatic hydroxyl groups excluding tert-OH is 1. The van der Waals surface area contributed by atoms with E-state index in [1.165, 1.54) is 19.3 Å². The number of rotatable bonds is 7. The van der Waals surface area contributed by atoms with Gasteiger partial charge < -0.3 is 14.7 Å². The van der Waals surface area contributed by atoms with E-state index in [1.54, 1.807) is 7.11 Å². The molecule has 1 rings (SSSR count). The van der Waals surface area contributed by atoms with Crippen molar-refractivity contribution in [3.63, 3.8) is 0 Å². The molecule has 0 aromatic carbocycles. The Kier molecular flexibility index (Phi) is 7.09. The largest absolute Gasteiger partial charge is 0.393 e. The Hall–Kier alpha value is -0.120. The highest BCUT2D eigenvalue weighted by Crippen LogP contribution is 2.31. The van der Waals surface area contributed by atoms with Crippen molar-refractivity contribution in [2.75, 3.05) is 33.9 Å². The fourth-order valence-electron chi connectivity index (χ4n) is 2.88. The number of hydrogen-bond donors (Lipinski definition) is 1. The van der Waals surface area contributed by atoms with Crippen LogP contribution in [-0.4, -0.2) is 50.0 Å². The lowest BCUT2D eigenvalue weighted by molar-refractivity contribution is 0.0298. The molecule has 0 saturated heterocycles. The van der Waals surface area contributed by atoms with Gasteiger partial charge in [-0.05, 0) is 44.6 Å². The van der Waals surface area contributed by atoms with Crippen LogP contribution in [-0.2, 0) is 4.74 Å². The molecule has 0 bridgehead atoms. The summed E-state index contributed by atoms with van der Waals surface area (Å²) in [6.07, 6.45) is 5.66. The molecule has 3 nitrogen and oxygen atoms in total. The molecule has 0 amide bonds. The third kappa shape index (κ3) is 5.36. The molecule has 17 heavy (non-hydrogen) atoms. The first kappa shape index (κ1) is 14.9. The summed E-state index contributed by atoms with van der Waals surface area (Å²) < 4.78 is 5.06. The van der Waals surface area contributed by atoms with Gasteiger partial charge in [-0.15, -0.1) is 0 Å². The van der Waals surface area contributed by atoms with E-state index in [-0.39, 0.29) is 6.10 Å². The summed E-state index contributed by atoms with van der Waals surface area (Å²) in [5.41, 5.74) is 0. The quantitative estimate of drug-likeness (QED) is 0.695. The summed E-state index contributed by atoms with van der Waals surface area (Å²) in [6, 6.07) is 0. The van der Waals surface area contributed by atoms with Crippen molar-refractivity contribution in [3.8, 4) is 0 Å². The normalized spacial score (nSPS) is 29.8. The summed E-state index contributed by atoms with van der Waals surface area (Å²) in [7, 11) is 3.90. The lowest BCUT2D eigenvalue weighted by Crippen LogP contribution is -2.37. The van der Waals surface area contributed by atoms with Crippen molar-refractivity contribution in [1.82, 2.24) is 4.90 Å². The van der Waals surface area contributed by atoms with Crippen LogP contribution in [0.25, 0.3) is 0 Å². The zero-order valence-electron chi connectivity index (χ0n) is 11.7. The van der Waals surface area contributed by atoms with E-state index in [9.17, 15) is 5.11 Å². The van der Waals surface area contributed by atoms with E-state index >= 15 is 0 Å². The molecule has 3 atom stereocenters. The summed E-state index contributed by atoms with van der Waals surface area (Å²) >= 11 is 0. The molecule has 1 saturated carbocycles. The summed E-state index contributed by atoms with van der Waals surface area (Å²) in [6.45, 7) is 5.19. The fourth-order valence-corrected chi connectivity index (χ4v) is 2.88. The molecule has 0 heterocycles. The van der Waals surface area contributed by atoms with Gasteiger partial charge >= 0.3 is 0 Å². The summed E-state index contributed by atoms with van der Waals surface area (Å²) in [5, 5.41) is 10.1. The molecular weight excluding hydrogens is 214 g/mol. The minimum atomic E-state index is -0.0809. The average Bonchev–Trinajstić information content (AvgIpc) is 2.32. The number of aliphatic hydroxyl groups is 1. The maximum absolute atomic E-state index is 10.1. The van der Waals surface area contributed by atoms with E-state index in [0.29, 0.717) is 5.92 Å². The topological polar surface area (TPSA) is 32.7 Å². The van der Waals surface area contributed by atoms with Crippen molar-refractivity contribution < 1.29 is 9.84 Å². The first-order chi connectivity index (χ1) is 8.17. The highest BCUT2D eigenvalue weighted by atomic mass is 16.5. The van der Waals surface area contributed by atoms with Gasteiger partial charge in [-0.3, -0.25) is 0 Å². The van der Waals surface area contributed by atoms with Crippen LogP contribution in [0.1, 0.15) is 39.0 Å². The Balaban J connectivity index is 2.27. The Labute approximate surface area is 106 Å². The van der Waals surface area contributed by atoms with Crippen LogP contribution < -0.4 is 0 Å². The van der Waals surface area contributed by atoms with Crippen LogP contribution in [0.2, 0.25) is 0 Å². The Morgan fingerprint density at radius 1 is 1.35 bits per heavy atom. The van der Waals surface area contributed by atoms with E-state index in [2.05, 4.69) is 18.9 Å². The minimum absolute atomic E-state index is 0.0809. The van der Waals surface area contributed by atoms with Crippen molar-refractivity contribution in [1.29, 1.82) is 0 Å². The Morgan fingerprint density at radius 2 is 2.12 bits per heavy atom. The van der Waals surface area contributed by atoms with E-state index in [0.717, 1.165) is 38.5 Å². The van der Waals surface area contributed by atoms with Crippen LogP contribution in [0.4, 0.5) is 0 Å². The van der Waals surface area contributed by atoms with Gasteiger partial charge in [0.25, 0.3) is 0 Å². The molecule has 3 unspecified atom stereocenters. The monoisotopic (exact) mass is 243 g/mol. The molecule has 102 valence electrons. The van der Waals surface area contributed by atoms with Crippen molar-refractivity contribution in [3.05, 3.63) is 0 Å². The number of methoxy groups -OCH3 is 1. The predicted octanol–water partition coefficient (Wildman–Crippen LogP) is 2.14. The van der Waals surface area contributed by atoms with Crippen LogP contribution in [0.5, 0.6) is 0 Å². The van der Waals surface area contributed by atoms with Gasteiger partial charge in [0.15, 0.2) is 0 Å². The first-order valence-electron chi connectivity index (χ1n) is 7.02. The SMILES string of the molecule is CCC1CCC(O)C(CN(C)CCCOC)C1. The molecule has 1 aliphatic rings. The van der Waals surface area contributed by atoms with Crippen LogP contribution in [0.15, 0.2) is 0 Å². The van der Waals surface area contributed by atoms with E-state index in [4.69, 9.17) is 4.74 Å². The second-order valence-corrected chi connectivity index (χ2v) is 5.52. The highest BCUT2D eigenvalue weighted by Gasteiger charge is 2.28.